The minimum atomic E-state index is 0.516. The molecule has 0 atom stereocenters. The summed E-state index contributed by atoms with van der Waals surface area (Å²) in [6, 6.07) is 17.1. The Morgan fingerprint density at radius 1 is 1.20 bits per heavy atom. The third-order valence-electron chi connectivity index (χ3n) is 2.80. The molecule has 0 N–H and O–H groups in total. The fourth-order valence-corrected chi connectivity index (χ4v) is 2.13. The molecule has 3 heteroatoms. The number of nitriles is 1. The molecule has 0 saturated carbocycles. The first-order valence-corrected chi connectivity index (χ1v) is 6.72. The van der Waals surface area contributed by atoms with Gasteiger partial charge in [-0.25, -0.2) is 0 Å². The van der Waals surface area contributed by atoms with Crippen molar-refractivity contribution in [2.24, 2.45) is 0 Å². The minimum absolute atomic E-state index is 0.516. The monoisotopic (exact) mass is 283 g/mol. The molecule has 2 nitrogen and oxygen atoms in total. The lowest BCUT2D eigenvalue weighted by atomic mass is 10.0. The molecule has 2 aromatic carbocycles. The van der Waals surface area contributed by atoms with E-state index in [4.69, 9.17) is 16.3 Å². The number of rotatable bonds is 4. The summed E-state index contributed by atoms with van der Waals surface area (Å²) in [7, 11) is 0. The predicted molar refractivity (Wildman–Crippen MR) is 82.5 cm³/mol. The van der Waals surface area contributed by atoms with Crippen LogP contribution in [0, 0.1) is 11.3 Å². The Hall–Kier alpha value is -2.24. The highest BCUT2D eigenvalue weighted by atomic mass is 35.5. The highest BCUT2D eigenvalue weighted by Gasteiger charge is 2.07. The summed E-state index contributed by atoms with van der Waals surface area (Å²) in [6.45, 7) is 2.51. The van der Waals surface area contributed by atoms with Crippen molar-refractivity contribution in [3.63, 3.8) is 0 Å². The molecule has 0 aliphatic rings. The zero-order chi connectivity index (χ0) is 14.4. The van der Waals surface area contributed by atoms with Crippen molar-refractivity contribution in [2.75, 3.05) is 6.61 Å². The smallest absolute Gasteiger partial charge is 0.126 e. The number of allylic oxidation sites excluding steroid dienone is 1. The fourth-order valence-electron chi connectivity index (χ4n) is 1.89. The van der Waals surface area contributed by atoms with Gasteiger partial charge in [0.15, 0.2) is 0 Å². The van der Waals surface area contributed by atoms with Gasteiger partial charge < -0.3 is 4.74 Å². The lowest BCUT2D eigenvalue weighted by Gasteiger charge is -2.08. The SMILES string of the molecule is CCOc1ccccc1C=C(C#N)c1ccccc1Cl. The van der Waals surface area contributed by atoms with E-state index in [1.165, 1.54) is 0 Å². The first-order chi connectivity index (χ1) is 9.76. The van der Waals surface area contributed by atoms with Crippen molar-refractivity contribution < 1.29 is 4.74 Å². The van der Waals surface area contributed by atoms with Crippen LogP contribution in [0.4, 0.5) is 0 Å². The molecule has 0 aliphatic heterocycles. The van der Waals surface area contributed by atoms with Crippen molar-refractivity contribution in [1.82, 2.24) is 0 Å². The lowest BCUT2D eigenvalue weighted by molar-refractivity contribution is 0.339. The van der Waals surface area contributed by atoms with Gasteiger partial charge in [0.1, 0.15) is 5.75 Å². The van der Waals surface area contributed by atoms with Crippen LogP contribution in [-0.4, -0.2) is 6.61 Å². The van der Waals surface area contributed by atoms with Crippen molar-refractivity contribution in [3.8, 4) is 11.8 Å². The van der Waals surface area contributed by atoms with E-state index in [2.05, 4.69) is 6.07 Å². The highest BCUT2D eigenvalue weighted by Crippen LogP contribution is 2.28. The second-order valence-electron chi connectivity index (χ2n) is 4.12. The summed E-state index contributed by atoms with van der Waals surface area (Å²) < 4.78 is 5.56. The van der Waals surface area contributed by atoms with Crippen LogP contribution >= 0.6 is 11.6 Å². The molecule has 100 valence electrons. The van der Waals surface area contributed by atoms with Gasteiger partial charge in [0.2, 0.25) is 0 Å². The summed E-state index contributed by atoms with van der Waals surface area (Å²) in [5.74, 6) is 0.759. The third kappa shape index (κ3) is 3.20. The maximum absolute atomic E-state index is 9.37. The van der Waals surface area contributed by atoms with Crippen LogP contribution in [0.1, 0.15) is 18.1 Å². The maximum Gasteiger partial charge on any atom is 0.126 e. The maximum atomic E-state index is 9.37. The lowest BCUT2D eigenvalue weighted by Crippen LogP contribution is -1.93. The molecular formula is C17H14ClNO. The van der Waals surface area contributed by atoms with Crippen LogP contribution < -0.4 is 4.74 Å². The molecule has 2 aromatic rings. The molecule has 0 heterocycles. The van der Waals surface area contributed by atoms with Crippen LogP contribution in [0.2, 0.25) is 5.02 Å². The number of nitrogens with zero attached hydrogens (tertiary/aromatic N) is 1. The predicted octanol–water partition coefficient (Wildman–Crippen LogP) is 4.80. The summed E-state index contributed by atoms with van der Waals surface area (Å²) in [4.78, 5) is 0. The van der Waals surface area contributed by atoms with E-state index in [9.17, 15) is 5.26 Å². The van der Waals surface area contributed by atoms with Crippen molar-refractivity contribution >= 4 is 23.3 Å². The fraction of sp³-hybridized carbons (Fsp3) is 0.118. The van der Waals surface area contributed by atoms with Gasteiger partial charge in [-0.15, -0.1) is 0 Å². The Kier molecular flexibility index (Phi) is 4.81. The van der Waals surface area contributed by atoms with E-state index in [0.29, 0.717) is 17.2 Å². The Labute approximate surface area is 123 Å². The number of ether oxygens (including phenoxy) is 1. The van der Waals surface area contributed by atoms with E-state index in [0.717, 1.165) is 16.9 Å². The molecule has 0 aromatic heterocycles. The Balaban J connectivity index is 2.48. The van der Waals surface area contributed by atoms with Crippen LogP contribution in [0.25, 0.3) is 11.6 Å². The van der Waals surface area contributed by atoms with E-state index in [1.807, 2.05) is 49.4 Å². The molecule has 0 aliphatic carbocycles. The van der Waals surface area contributed by atoms with Gasteiger partial charge in [0.25, 0.3) is 0 Å². The summed E-state index contributed by atoms with van der Waals surface area (Å²) in [5, 5.41) is 9.93. The molecular weight excluding hydrogens is 270 g/mol. The summed E-state index contributed by atoms with van der Waals surface area (Å²) in [6.07, 6.45) is 1.80. The second kappa shape index (κ2) is 6.79. The first kappa shape index (κ1) is 14.2. The molecule has 0 fully saturated rings. The Bertz CT molecular complexity index is 671. The number of hydrogen-bond donors (Lipinski definition) is 0. The normalized spacial score (nSPS) is 10.9. The standard InChI is InChI=1S/C17H14ClNO/c1-2-20-17-10-6-3-7-13(17)11-14(12-19)15-8-4-5-9-16(15)18/h3-11H,2H2,1H3. The molecule has 2 rings (SSSR count). The van der Waals surface area contributed by atoms with E-state index >= 15 is 0 Å². The van der Waals surface area contributed by atoms with Gasteiger partial charge in [-0.1, -0.05) is 48.0 Å². The Morgan fingerprint density at radius 2 is 1.90 bits per heavy atom. The van der Waals surface area contributed by atoms with Crippen molar-refractivity contribution in [2.45, 2.75) is 6.92 Å². The number of halogens is 1. The van der Waals surface area contributed by atoms with Gasteiger partial charge in [0.05, 0.1) is 18.2 Å². The quantitative estimate of drug-likeness (QED) is 0.596. The minimum Gasteiger partial charge on any atom is -0.493 e. The Morgan fingerprint density at radius 3 is 2.60 bits per heavy atom. The largest absolute Gasteiger partial charge is 0.493 e. The van der Waals surface area contributed by atoms with Gasteiger partial charge >= 0.3 is 0 Å². The zero-order valence-corrected chi connectivity index (χ0v) is 11.9. The zero-order valence-electron chi connectivity index (χ0n) is 11.1. The highest BCUT2D eigenvalue weighted by molar-refractivity contribution is 6.32. The van der Waals surface area contributed by atoms with E-state index < -0.39 is 0 Å². The first-order valence-electron chi connectivity index (χ1n) is 6.34. The second-order valence-corrected chi connectivity index (χ2v) is 4.53. The average molecular weight is 284 g/mol. The third-order valence-corrected chi connectivity index (χ3v) is 3.13. The van der Waals surface area contributed by atoms with Gasteiger partial charge in [-0.05, 0) is 25.1 Å². The van der Waals surface area contributed by atoms with Crippen LogP contribution in [-0.2, 0) is 0 Å². The molecule has 0 radical (unpaired) electrons. The average Bonchev–Trinajstić information content (AvgIpc) is 2.47. The van der Waals surface area contributed by atoms with Crippen LogP contribution in [0.5, 0.6) is 5.75 Å². The molecule has 0 spiro atoms. The summed E-state index contributed by atoms with van der Waals surface area (Å²) >= 11 is 6.14. The van der Waals surface area contributed by atoms with Gasteiger partial charge in [-0.2, -0.15) is 5.26 Å². The molecule has 0 amide bonds. The van der Waals surface area contributed by atoms with Crippen LogP contribution in [0.15, 0.2) is 48.5 Å². The van der Waals surface area contributed by atoms with Gasteiger partial charge in [0, 0.05) is 16.1 Å². The van der Waals surface area contributed by atoms with Crippen molar-refractivity contribution in [1.29, 1.82) is 5.26 Å². The number of para-hydroxylation sites is 1. The molecule has 0 saturated heterocycles. The van der Waals surface area contributed by atoms with E-state index in [1.54, 1.807) is 12.1 Å². The molecule has 0 bridgehead atoms. The van der Waals surface area contributed by atoms with Gasteiger partial charge in [-0.3, -0.25) is 0 Å². The van der Waals surface area contributed by atoms with E-state index in [-0.39, 0.29) is 0 Å². The van der Waals surface area contributed by atoms with Crippen LogP contribution in [0.3, 0.4) is 0 Å². The molecule has 0 unspecified atom stereocenters. The molecule has 20 heavy (non-hydrogen) atoms. The van der Waals surface area contributed by atoms with Crippen molar-refractivity contribution in [3.05, 3.63) is 64.7 Å². The number of benzene rings is 2. The number of hydrogen-bond acceptors (Lipinski definition) is 2. The summed E-state index contributed by atoms with van der Waals surface area (Å²) in [5.41, 5.74) is 2.11. The topological polar surface area (TPSA) is 33.0 Å².